The summed E-state index contributed by atoms with van der Waals surface area (Å²) in [6.45, 7) is 6.06. The van der Waals surface area contributed by atoms with Crippen LogP contribution in [0.1, 0.15) is 12.0 Å². The maximum atomic E-state index is 12.0. The Morgan fingerprint density at radius 1 is 1.21 bits per heavy atom. The highest BCUT2D eigenvalue weighted by Crippen LogP contribution is 2.16. The fourth-order valence-electron chi connectivity index (χ4n) is 2.18. The van der Waals surface area contributed by atoms with Crippen molar-refractivity contribution in [1.29, 1.82) is 0 Å². The number of para-hydroxylation sites is 1. The third kappa shape index (κ3) is 3.96. The molecule has 2 rings (SSSR count). The van der Waals surface area contributed by atoms with Gasteiger partial charge in [-0.25, -0.2) is 0 Å². The minimum atomic E-state index is 0.196. The van der Waals surface area contributed by atoms with E-state index in [0.29, 0.717) is 13.0 Å². The van der Waals surface area contributed by atoms with Crippen molar-refractivity contribution in [2.24, 2.45) is 0 Å². The topological polar surface area (TPSA) is 32.8 Å². The van der Waals surface area contributed by atoms with Gasteiger partial charge in [0.1, 0.15) is 5.75 Å². The number of hydrogen-bond acceptors (Lipinski definition) is 3. The van der Waals surface area contributed by atoms with E-state index in [2.05, 4.69) is 11.9 Å². The monoisotopic (exact) mass is 262 g/mol. The molecule has 1 aliphatic heterocycles. The van der Waals surface area contributed by atoms with Gasteiger partial charge in [0.15, 0.2) is 0 Å². The molecule has 1 fully saturated rings. The van der Waals surface area contributed by atoms with Gasteiger partial charge in [0.05, 0.1) is 13.0 Å². The number of amides is 1. The number of benzene rings is 1. The van der Waals surface area contributed by atoms with Crippen LogP contribution in [0.3, 0.4) is 0 Å². The summed E-state index contributed by atoms with van der Waals surface area (Å²) in [6.07, 6.45) is 0.456. The number of hydrogen-bond donors (Lipinski definition) is 0. The molecule has 0 aromatic heterocycles. The first-order valence-electron chi connectivity index (χ1n) is 6.81. The van der Waals surface area contributed by atoms with Crippen LogP contribution in [0.25, 0.3) is 0 Å². The lowest BCUT2D eigenvalue weighted by Gasteiger charge is -2.32. The van der Waals surface area contributed by atoms with E-state index < -0.39 is 0 Å². The van der Waals surface area contributed by atoms with Crippen LogP contribution in [0.15, 0.2) is 24.3 Å². The predicted molar refractivity (Wildman–Crippen MR) is 75.4 cm³/mol. The summed E-state index contributed by atoms with van der Waals surface area (Å²) in [4.78, 5) is 16.2. The van der Waals surface area contributed by atoms with Crippen LogP contribution in [0.5, 0.6) is 5.75 Å². The summed E-state index contributed by atoms with van der Waals surface area (Å²) in [7, 11) is 2.09. The number of ether oxygens (including phenoxy) is 1. The third-order valence-electron chi connectivity index (χ3n) is 3.52. The van der Waals surface area contributed by atoms with Crippen molar-refractivity contribution < 1.29 is 9.53 Å². The fourth-order valence-corrected chi connectivity index (χ4v) is 2.18. The molecule has 0 atom stereocenters. The molecule has 104 valence electrons. The molecule has 0 aliphatic carbocycles. The molecule has 0 saturated carbocycles. The fraction of sp³-hybridized carbons (Fsp3) is 0.533. The molecule has 1 amide bonds. The Hall–Kier alpha value is -1.55. The largest absolute Gasteiger partial charge is 0.493 e. The second-order valence-electron chi connectivity index (χ2n) is 5.05. The van der Waals surface area contributed by atoms with Gasteiger partial charge >= 0.3 is 0 Å². The number of nitrogens with zero attached hydrogens (tertiary/aromatic N) is 2. The van der Waals surface area contributed by atoms with Gasteiger partial charge in [-0.1, -0.05) is 18.2 Å². The molecule has 4 nitrogen and oxygen atoms in total. The van der Waals surface area contributed by atoms with Gasteiger partial charge in [0.2, 0.25) is 5.91 Å². The van der Waals surface area contributed by atoms with E-state index >= 15 is 0 Å². The molecule has 0 bridgehead atoms. The highest BCUT2D eigenvalue weighted by Gasteiger charge is 2.18. The Kier molecular flexibility index (Phi) is 4.80. The van der Waals surface area contributed by atoms with Gasteiger partial charge < -0.3 is 14.5 Å². The Morgan fingerprint density at radius 3 is 2.58 bits per heavy atom. The van der Waals surface area contributed by atoms with Crippen LogP contribution in [0.2, 0.25) is 0 Å². The van der Waals surface area contributed by atoms with E-state index in [1.165, 1.54) is 0 Å². The molecule has 0 N–H and O–H groups in total. The number of likely N-dealkylation sites (N-methyl/N-ethyl adjacent to an activating group) is 1. The van der Waals surface area contributed by atoms with Crippen molar-refractivity contribution in [2.45, 2.75) is 13.3 Å². The van der Waals surface area contributed by atoms with Gasteiger partial charge in [-0.3, -0.25) is 4.79 Å². The number of rotatable bonds is 4. The van der Waals surface area contributed by atoms with Crippen LogP contribution >= 0.6 is 0 Å². The van der Waals surface area contributed by atoms with Crippen LogP contribution in [0.4, 0.5) is 0 Å². The van der Waals surface area contributed by atoms with Crippen LogP contribution in [-0.4, -0.2) is 55.5 Å². The van der Waals surface area contributed by atoms with E-state index in [4.69, 9.17) is 4.74 Å². The molecular weight excluding hydrogens is 240 g/mol. The standard InChI is InChI=1S/C15H22N2O2/c1-13-5-3-4-6-14(13)19-12-7-15(18)17-10-8-16(2)9-11-17/h3-6H,7-12H2,1-2H3. The molecule has 0 spiro atoms. The van der Waals surface area contributed by atoms with Crippen molar-refractivity contribution in [1.82, 2.24) is 9.80 Å². The van der Waals surface area contributed by atoms with Crippen LogP contribution < -0.4 is 4.74 Å². The minimum Gasteiger partial charge on any atom is -0.493 e. The van der Waals surface area contributed by atoms with Crippen LogP contribution in [0, 0.1) is 6.92 Å². The van der Waals surface area contributed by atoms with Gasteiger partial charge in [0.25, 0.3) is 0 Å². The average Bonchev–Trinajstić information content (AvgIpc) is 2.41. The number of piperazine rings is 1. The lowest BCUT2D eigenvalue weighted by molar-refractivity contribution is -0.133. The highest BCUT2D eigenvalue weighted by molar-refractivity contribution is 5.76. The second kappa shape index (κ2) is 6.57. The molecule has 1 aromatic rings. The number of carbonyl (C=O) groups excluding carboxylic acids is 1. The Labute approximate surface area is 115 Å². The van der Waals surface area contributed by atoms with Gasteiger partial charge in [-0.15, -0.1) is 0 Å². The SMILES string of the molecule is Cc1ccccc1OCCC(=O)N1CCN(C)CC1. The molecule has 0 unspecified atom stereocenters. The van der Waals surface area contributed by atoms with Gasteiger partial charge in [-0.05, 0) is 25.6 Å². The van der Waals surface area contributed by atoms with Gasteiger partial charge in [-0.2, -0.15) is 0 Å². The maximum Gasteiger partial charge on any atom is 0.226 e. The summed E-state index contributed by atoms with van der Waals surface area (Å²) in [5.41, 5.74) is 1.11. The van der Waals surface area contributed by atoms with Gasteiger partial charge in [0, 0.05) is 26.2 Å². The quantitative estimate of drug-likeness (QED) is 0.825. The zero-order valence-corrected chi connectivity index (χ0v) is 11.8. The molecule has 0 radical (unpaired) electrons. The van der Waals surface area contributed by atoms with E-state index in [1.807, 2.05) is 36.1 Å². The van der Waals surface area contributed by atoms with Crippen molar-refractivity contribution >= 4 is 5.91 Å². The normalized spacial score (nSPS) is 16.4. The van der Waals surface area contributed by atoms with Crippen molar-refractivity contribution in [3.8, 4) is 5.75 Å². The molecule has 19 heavy (non-hydrogen) atoms. The van der Waals surface area contributed by atoms with Crippen molar-refractivity contribution in [3.63, 3.8) is 0 Å². The summed E-state index contributed by atoms with van der Waals surface area (Å²) < 4.78 is 5.66. The first-order chi connectivity index (χ1) is 9.16. The minimum absolute atomic E-state index is 0.196. The first-order valence-corrected chi connectivity index (χ1v) is 6.81. The number of carbonyl (C=O) groups is 1. The summed E-state index contributed by atoms with van der Waals surface area (Å²) in [5.74, 6) is 1.07. The molecule has 1 aliphatic rings. The Morgan fingerprint density at radius 2 is 1.89 bits per heavy atom. The second-order valence-corrected chi connectivity index (χ2v) is 5.05. The van der Waals surface area contributed by atoms with E-state index in [0.717, 1.165) is 37.5 Å². The lowest BCUT2D eigenvalue weighted by atomic mass is 10.2. The van der Waals surface area contributed by atoms with Crippen molar-refractivity contribution in [3.05, 3.63) is 29.8 Å². The summed E-state index contributed by atoms with van der Waals surface area (Å²) in [6, 6.07) is 7.88. The first kappa shape index (κ1) is 13.9. The van der Waals surface area contributed by atoms with E-state index in [9.17, 15) is 4.79 Å². The average molecular weight is 262 g/mol. The lowest BCUT2D eigenvalue weighted by Crippen LogP contribution is -2.47. The zero-order chi connectivity index (χ0) is 13.7. The highest BCUT2D eigenvalue weighted by atomic mass is 16.5. The molecule has 1 aromatic carbocycles. The zero-order valence-electron chi connectivity index (χ0n) is 11.8. The van der Waals surface area contributed by atoms with Crippen LogP contribution in [-0.2, 0) is 4.79 Å². The number of aryl methyl sites for hydroxylation is 1. The van der Waals surface area contributed by atoms with E-state index in [-0.39, 0.29) is 5.91 Å². The summed E-state index contributed by atoms with van der Waals surface area (Å²) in [5, 5.41) is 0. The summed E-state index contributed by atoms with van der Waals surface area (Å²) >= 11 is 0. The predicted octanol–water partition coefficient (Wildman–Crippen LogP) is 1.54. The maximum absolute atomic E-state index is 12.0. The molecule has 1 saturated heterocycles. The molecule has 4 heteroatoms. The molecule has 1 heterocycles. The van der Waals surface area contributed by atoms with Crippen molar-refractivity contribution in [2.75, 3.05) is 39.8 Å². The molecular formula is C15H22N2O2. The third-order valence-corrected chi connectivity index (χ3v) is 3.52. The Bertz CT molecular complexity index is 426. The smallest absolute Gasteiger partial charge is 0.226 e. The Balaban J connectivity index is 1.74. The van der Waals surface area contributed by atoms with E-state index in [1.54, 1.807) is 0 Å².